The van der Waals surface area contributed by atoms with Crippen molar-refractivity contribution in [2.75, 3.05) is 0 Å². The van der Waals surface area contributed by atoms with Crippen molar-refractivity contribution in [3.05, 3.63) is 60.7 Å². The summed E-state index contributed by atoms with van der Waals surface area (Å²) < 4.78 is 10.6. The molecule has 0 atom stereocenters. The molecule has 0 N–H and O–H groups in total. The van der Waals surface area contributed by atoms with Gasteiger partial charge in [0.2, 0.25) is 0 Å². The van der Waals surface area contributed by atoms with Crippen molar-refractivity contribution in [2.24, 2.45) is 0 Å². The summed E-state index contributed by atoms with van der Waals surface area (Å²) in [6.07, 6.45) is 1.78. The van der Waals surface area contributed by atoms with Crippen LogP contribution in [0.5, 0.6) is 17.2 Å². The van der Waals surface area contributed by atoms with E-state index in [1.165, 1.54) is 6.92 Å². The van der Waals surface area contributed by atoms with Crippen molar-refractivity contribution in [2.45, 2.75) is 6.92 Å². The van der Waals surface area contributed by atoms with Crippen LogP contribution in [-0.2, 0) is 4.79 Å². The van der Waals surface area contributed by atoms with Crippen LogP contribution < -0.4 is 9.47 Å². The fourth-order valence-corrected chi connectivity index (χ4v) is 1.55. The van der Waals surface area contributed by atoms with Crippen LogP contribution in [0.3, 0.4) is 0 Å². The van der Waals surface area contributed by atoms with Crippen LogP contribution in [0.2, 0.25) is 0 Å². The molecule has 0 spiro atoms. The van der Waals surface area contributed by atoms with Gasteiger partial charge in [-0.2, -0.15) is 0 Å². The SMILES string of the molecule is C=Cc1ccc(Oc2ccc(OC(C)=O)cc2)cc1. The van der Waals surface area contributed by atoms with Crippen LogP contribution in [0.1, 0.15) is 12.5 Å². The highest BCUT2D eigenvalue weighted by Crippen LogP contribution is 2.24. The molecule has 19 heavy (non-hydrogen) atoms. The van der Waals surface area contributed by atoms with Gasteiger partial charge in [0, 0.05) is 6.92 Å². The lowest BCUT2D eigenvalue weighted by Crippen LogP contribution is -2.00. The number of esters is 1. The van der Waals surface area contributed by atoms with E-state index in [0.29, 0.717) is 11.5 Å². The largest absolute Gasteiger partial charge is 0.457 e. The average molecular weight is 254 g/mol. The van der Waals surface area contributed by atoms with Gasteiger partial charge in [-0.1, -0.05) is 24.8 Å². The number of benzene rings is 2. The molecular formula is C16H14O3. The molecule has 2 aromatic rings. The molecule has 2 rings (SSSR count). The molecule has 0 heterocycles. The predicted octanol–water partition coefficient (Wildman–Crippen LogP) is 4.05. The summed E-state index contributed by atoms with van der Waals surface area (Å²) in [4.78, 5) is 10.8. The number of carbonyl (C=O) groups is 1. The Balaban J connectivity index is 2.05. The van der Waals surface area contributed by atoms with Crippen LogP contribution in [-0.4, -0.2) is 5.97 Å². The number of hydrogen-bond donors (Lipinski definition) is 0. The van der Waals surface area contributed by atoms with E-state index >= 15 is 0 Å². The Morgan fingerprint density at radius 3 is 1.89 bits per heavy atom. The molecule has 96 valence electrons. The maximum atomic E-state index is 10.8. The summed E-state index contributed by atoms with van der Waals surface area (Å²) >= 11 is 0. The van der Waals surface area contributed by atoms with Gasteiger partial charge in [0.1, 0.15) is 17.2 Å². The minimum atomic E-state index is -0.339. The van der Waals surface area contributed by atoms with E-state index in [0.717, 1.165) is 11.3 Å². The normalized spacial score (nSPS) is 9.74. The zero-order valence-corrected chi connectivity index (χ0v) is 10.6. The molecule has 3 nitrogen and oxygen atoms in total. The Labute approximate surface area is 112 Å². The number of carbonyl (C=O) groups excluding carboxylic acids is 1. The van der Waals surface area contributed by atoms with Gasteiger partial charge in [-0.05, 0) is 42.0 Å². The molecule has 3 heteroatoms. The van der Waals surface area contributed by atoms with Crippen molar-refractivity contribution in [3.63, 3.8) is 0 Å². The molecule has 0 aromatic heterocycles. The minimum Gasteiger partial charge on any atom is -0.457 e. The first-order valence-electron chi connectivity index (χ1n) is 5.86. The lowest BCUT2D eigenvalue weighted by molar-refractivity contribution is -0.131. The van der Waals surface area contributed by atoms with Gasteiger partial charge in [-0.25, -0.2) is 0 Å². The Kier molecular flexibility index (Phi) is 3.98. The van der Waals surface area contributed by atoms with Gasteiger partial charge < -0.3 is 9.47 Å². The lowest BCUT2D eigenvalue weighted by atomic mass is 10.2. The highest BCUT2D eigenvalue weighted by molar-refractivity contribution is 5.69. The molecule has 0 aliphatic carbocycles. The smallest absolute Gasteiger partial charge is 0.308 e. The van der Waals surface area contributed by atoms with Crippen LogP contribution in [0.15, 0.2) is 55.1 Å². The zero-order valence-electron chi connectivity index (χ0n) is 10.6. The topological polar surface area (TPSA) is 35.5 Å². The molecule has 0 unspecified atom stereocenters. The summed E-state index contributed by atoms with van der Waals surface area (Å²) in [6, 6.07) is 14.5. The fourth-order valence-electron chi connectivity index (χ4n) is 1.55. The third kappa shape index (κ3) is 3.71. The van der Waals surface area contributed by atoms with Gasteiger partial charge in [-0.3, -0.25) is 4.79 Å². The maximum absolute atomic E-state index is 10.8. The first-order valence-corrected chi connectivity index (χ1v) is 5.86. The molecule has 0 aliphatic rings. The first-order chi connectivity index (χ1) is 9.17. The van der Waals surface area contributed by atoms with Crippen molar-refractivity contribution in [3.8, 4) is 17.2 Å². The summed E-state index contributed by atoms with van der Waals surface area (Å²) in [5.74, 6) is 1.59. The highest BCUT2D eigenvalue weighted by atomic mass is 16.5. The van der Waals surface area contributed by atoms with Crippen LogP contribution in [0.25, 0.3) is 6.08 Å². The number of rotatable bonds is 4. The fraction of sp³-hybridized carbons (Fsp3) is 0.0625. The summed E-state index contributed by atoms with van der Waals surface area (Å²) in [5, 5.41) is 0. The Hall–Kier alpha value is -2.55. The van der Waals surface area contributed by atoms with E-state index < -0.39 is 0 Å². The van der Waals surface area contributed by atoms with Gasteiger partial charge in [-0.15, -0.1) is 0 Å². The summed E-state index contributed by atoms with van der Waals surface area (Å²) in [7, 11) is 0. The Morgan fingerprint density at radius 2 is 1.42 bits per heavy atom. The number of hydrogen-bond acceptors (Lipinski definition) is 3. The highest BCUT2D eigenvalue weighted by Gasteiger charge is 2.00. The molecule has 0 amide bonds. The second-order valence-electron chi connectivity index (χ2n) is 3.94. The standard InChI is InChI=1S/C16H14O3/c1-3-13-4-6-15(7-5-13)19-16-10-8-14(9-11-16)18-12(2)17/h3-11H,1H2,2H3. The molecular weight excluding hydrogens is 240 g/mol. The van der Waals surface area contributed by atoms with E-state index in [9.17, 15) is 4.79 Å². The van der Waals surface area contributed by atoms with Gasteiger partial charge in [0.25, 0.3) is 0 Å². The minimum absolute atomic E-state index is 0.339. The van der Waals surface area contributed by atoms with E-state index in [1.807, 2.05) is 24.3 Å². The molecule has 0 aliphatic heterocycles. The van der Waals surface area contributed by atoms with Crippen LogP contribution >= 0.6 is 0 Å². The van der Waals surface area contributed by atoms with E-state index in [1.54, 1.807) is 30.3 Å². The lowest BCUT2D eigenvalue weighted by Gasteiger charge is -2.07. The molecule has 0 saturated heterocycles. The van der Waals surface area contributed by atoms with E-state index in [4.69, 9.17) is 9.47 Å². The average Bonchev–Trinajstić information content (AvgIpc) is 2.41. The van der Waals surface area contributed by atoms with Crippen molar-refractivity contribution in [1.29, 1.82) is 0 Å². The van der Waals surface area contributed by atoms with Crippen LogP contribution in [0.4, 0.5) is 0 Å². The van der Waals surface area contributed by atoms with Crippen molar-refractivity contribution < 1.29 is 14.3 Å². The van der Waals surface area contributed by atoms with E-state index in [-0.39, 0.29) is 5.97 Å². The molecule has 0 fully saturated rings. The second kappa shape index (κ2) is 5.87. The monoisotopic (exact) mass is 254 g/mol. The molecule has 0 radical (unpaired) electrons. The van der Waals surface area contributed by atoms with Gasteiger partial charge in [0.15, 0.2) is 0 Å². The quantitative estimate of drug-likeness (QED) is 0.610. The second-order valence-corrected chi connectivity index (χ2v) is 3.94. The third-order valence-corrected chi connectivity index (χ3v) is 2.44. The van der Waals surface area contributed by atoms with Gasteiger partial charge >= 0.3 is 5.97 Å². The van der Waals surface area contributed by atoms with Gasteiger partial charge in [0.05, 0.1) is 0 Å². The molecule has 0 bridgehead atoms. The van der Waals surface area contributed by atoms with Crippen molar-refractivity contribution >= 4 is 12.0 Å². The van der Waals surface area contributed by atoms with Crippen LogP contribution in [0, 0.1) is 0 Å². The first kappa shape index (κ1) is 12.9. The Bertz CT molecular complexity index is 568. The predicted molar refractivity (Wildman–Crippen MR) is 74.4 cm³/mol. The summed E-state index contributed by atoms with van der Waals surface area (Å²) in [5.41, 5.74) is 1.04. The molecule has 2 aromatic carbocycles. The van der Waals surface area contributed by atoms with Crippen molar-refractivity contribution in [1.82, 2.24) is 0 Å². The third-order valence-electron chi connectivity index (χ3n) is 2.44. The molecule has 0 saturated carbocycles. The maximum Gasteiger partial charge on any atom is 0.308 e. The summed E-state index contributed by atoms with van der Waals surface area (Å²) in [6.45, 7) is 5.06. The Morgan fingerprint density at radius 1 is 0.947 bits per heavy atom. The number of ether oxygens (including phenoxy) is 2. The van der Waals surface area contributed by atoms with E-state index in [2.05, 4.69) is 6.58 Å². The zero-order chi connectivity index (χ0) is 13.7.